The van der Waals surface area contributed by atoms with Gasteiger partial charge in [-0.2, -0.15) is 0 Å². The van der Waals surface area contributed by atoms with E-state index in [1.54, 1.807) is 0 Å². The summed E-state index contributed by atoms with van der Waals surface area (Å²) in [5.74, 6) is 0. The zero-order valence-electron chi connectivity index (χ0n) is 8.36. The first-order valence-corrected chi connectivity index (χ1v) is 5.05. The molecule has 1 fully saturated rings. The van der Waals surface area contributed by atoms with Crippen molar-refractivity contribution in [2.45, 2.75) is 33.1 Å². The third kappa shape index (κ3) is 3.11. The molecule has 0 unspecified atom stereocenters. The Bertz CT molecular complexity index is 119. The van der Waals surface area contributed by atoms with Gasteiger partial charge in [0.2, 0.25) is 0 Å². The van der Waals surface area contributed by atoms with Crippen molar-refractivity contribution in [1.29, 1.82) is 0 Å². The average molecular weight is 171 g/mol. The largest absolute Gasteiger partial charge is 0.381 e. The second-order valence-electron chi connectivity index (χ2n) is 4.10. The average Bonchev–Trinajstić information content (AvgIpc) is 2.06. The molecule has 0 saturated carbocycles. The SMILES string of the molecule is CCCNCC1(C)CCOCC1. The van der Waals surface area contributed by atoms with Crippen LogP contribution in [0, 0.1) is 5.41 Å². The normalized spacial score (nSPS) is 22.5. The lowest BCUT2D eigenvalue weighted by Crippen LogP contribution is -2.37. The Labute approximate surface area is 75.7 Å². The molecule has 1 saturated heterocycles. The monoisotopic (exact) mass is 171 g/mol. The molecule has 12 heavy (non-hydrogen) atoms. The van der Waals surface area contributed by atoms with E-state index in [4.69, 9.17) is 4.74 Å². The first-order valence-electron chi connectivity index (χ1n) is 5.05. The summed E-state index contributed by atoms with van der Waals surface area (Å²) in [5.41, 5.74) is 0.493. The molecule has 72 valence electrons. The summed E-state index contributed by atoms with van der Waals surface area (Å²) >= 11 is 0. The molecule has 0 atom stereocenters. The maximum absolute atomic E-state index is 5.34. The lowest BCUT2D eigenvalue weighted by molar-refractivity contribution is 0.0242. The Morgan fingerprint density at radius 2 is 2.00 bits per heavy atom. The maximum atomic E-state index is 5.34. The van der Waals surface area contributed by atoms with Gasteiger partial charge < -0.3 is 10.1 Å². The highest BCUT2D eigenvalue weighted by molar-refractivity contribution is 4.79. The minimum Gasteiger partial charge on any atom is -0.381 e. The Morgan fingerprint density at radius 1 is 1.33 bits per heavy atom. The lowest BCUT2D eigenvalue weighted by atomic mass is 9.82. The summed E-state index contributed by atoms with van der Waals surface area (Å²) in [6.07, 6.45) is 3.65. The quantitative estimate of drug-likeness (QED) is 0.651. The van der Waals surface area contributed by atoms with E-state index in [2.05, 4.69) is 19.2 Å². The van der Waals surface area contributed by atoms with E-state index in [1.807, 2.05) is 0 Å². The van der Waals surface area contributed by atoms with Gasteiger partial charge in [-0.25, -0.2) is 0 Å². The van der Waals surface area contributed by atoms with Gasteiger partial charge in [0.1, 0.15) is 0 Å². The Balaban J connectivity index is 2.17. The van der Waals surface area contributed by atoms with Crippen molar-refractivity contribution in [3.05, 3.63) is 0 Å². The van der Waals surface area contributed by atoms with Crippen LogP contribution >= 0.6 is 0 Å². The van der Waals surface area contributed by atoms with E-state index in [0.29, 0.717) is 5.41 Å². The molecular formula is C10H21NO. The van der Waals surface area contributed by atoms with Crippen molar-refractivity contribution >= 4 is 0 Å². The van der Waals surface area contributed by atoms with Gasteiger partial charge >= 0.3 is 0 Å². The molecule has 0 amide bonds. The molecule has 0 bridgehead atoms. The molecular weight excluding hydrogens is 150 g/mol. The van der Waals surface area contributed by atoms with Crippen molar-refractivity contribution in [1.82, 2.24) is 5.32 Å². The van der Waals surface area contributed by atoms with Crippen molar-refractivity contribution in [2.75, 3.05) is 26.3 Å². The number of nitrogens with one attached hydrogen (secondary N) is 1. The number of ether oxygens (including phenoxy) is 1. The van der Waals surface area contributed by atoms with E-state index in [1.165, 1.54) is 19.3 Å². The summed E-state index contributed by atoms with van der Waals surface area (Å²) in [6, 6.07) is 0. The lowest BCUT2D eigenvalue weighted by Gasteiger charge is -2.33. The van der Waals surface area contributed by atoms with Crippen LogP contribution in [-0.2, 0) is 4.74 Å². The Morgan fingerprint density at radius 3 is 2.58 bits per heavy atom. The molecule has 1 N–H and O–H groups in total. The third-order valence-electron chi connectivity index (χ3n) is 2.68. The summed E-state index contributed by atoms with van der Waals surface area (Å²) < 4.78 is 5.34. The summed E-state index contributed by atoms with van der Waals surface area (Å²) in [4.78, 5) is 0. The van der Waals surface area contributed by atoms with E-state index in [9.17, 15) is 0 Å². The van der Waals surface area contributed by atoms with Crippen LogP contribution in [-0.4, -0.2) is 26.3 Å². The van der Waals surface area contributed by atoms with Gasteiger partial charge in [-0.05, 0) is 31.2 Å². The Kier molecular flexibility index (Phi) is 4.02. The molecule has 0 spiro atoms. The van der Waals surface area contributed by atoms with E-state index in [0.717, 1.165) is 26.3 Å². The number of hydrogen-bond donors (Lipinski definition) is 1. The molecule has 0 aliphatic carbocycles. The molecule has 0 aromatic rings. The Hall–Kier alpha value is -0.0800. The van der Waals surface area contributed by atoms with Gasteiger partial charge in [0.25, 0.3) is 0 Å². The second-order valence-corrected chi connectivity index (χ2v) is 4.10. The fraction of sp³-hybridized carbons (Fsp3) is 1.00. The summed E-state index contributed by atoms with van der Waals surface area (Å²) in [5, 5.41) is 3.49. The van der Waals surface area contributed by atoms with Crippen LogP contribution in [0.5, 0.6) is 0 Å². The molecule has 1 aliphatic heterocycles. The summed E-state index contributed by atoms with van der Waals surface area (Å²) in [7, 11) is 0. The molecule has 0 aromatic carbocycles. The minimum absolute atomic E-state index is 0.493. The van der Waals surface area contributed by atoms with Crippen LogP contribution in [0.2, 0.25) is 0 Å². The highest BCUT2D eigenvalue weighted by Crippen LogP contribution is 2.28. The fourth-order valence-corrected chi connectivity index (χ4v) is 1.61. The molecule has 2 heteroatoms. The molecule has 0 radical (unpaired) electrons. The van der Waals surface area contributed by atoms with Gasteiger partial charge in [-0.1, -0.05) is 13.8 Å². The van der Waals surface area contributed by atoms with Gasteiger partial charge in [-0.3, -0.25) is 0 Å². The smallest absolute Gasteiger partial charge is 0.0471 e. The zero-order chi connectivity index (χ0) is 8.86. The van der Waals surface area contributed by atoms with Gasteiger partial charge in [0, 0.05) is 19.8 Å². The van der Waals surface area contributed by atoms with Crippen LogP contribution in [0.15, 0.2) is 0 Å². The van der Waals surface area contributed by atoms with Gasteiger partial charge in [0.05, 0.1) is 0 Å². The second kappa shape index (κ2) is 4.83. The van der Waals surface area contributed by atoms with Gasteiger partial charge in [0.15, 0.2) is 0 Å². The van der Waals surface area contributed by atoms with Crippen LogP contribution in [0.4, 0.5) is 0 Å². The molecule has 1 aliphatic rings. The van der Waals surface area contributed by atoms with Crippen LogP contribution in [0.3, 0.4) is 0 Å². The topological polar surface area (TPSA) is 21.3 Å². The van der Waals surface area contributed by atoms with Crippen LogP contribution in [0.25, 0.3) is 0 Å². The van der Waals surface area contributed by atoms with Crippen LogP contribution < -0.4 is 5.32 Å². The molecule has 0 aromatic heterocycles. The number of hydrogen-bond acceptors (Lipinski definition) is 2. The molecule has 2 nitrogen and oxygen atoms in total. The van der Waals surface area contributed by atoms with Crippen LogP contribution in [0.1, 0.15) is 33.1 Å². The fourth-order valence-electron chi connectivity index (χ4n) is 1.61. The maximum Gasteiger partial charge on any atom is 0.0471 e. The van der Waals surface area contributed by atoms with Gasteiger partial charge in [-0.15, -0.1) is 0 Å². The minimum atomic E-state index is 0.493. The highest BCUT2D eigenvalue weighted by Gasteiger charge is 2.26. The highest BCUT2D eigenvalue weighted by atomic mass is 16.5. The first kappa shape index (κ1) is 10.0. The number of rotatable bonds is 4. The molecule has 1 rings (SSSR count). The van der Waals surface area contributed by atoms with Crippen molar-refractivity contribution in [2.24, 2.45) is 5.41 Å². The zero-order valence-corrected chi connectivity index (χ0v) is 8.36. The summed E-state index contributed by atoms with van der Waals surface area (Å²) in [6.45, 7) is 8.77. The predicted molar refractivity (Wildman–Crippen MR) is 51.3 cm³/mol. The molecule has 1 heterocycles. The van der Waals surface area contributed by atoms with Crippen molar-refractivity contribution in [3.8, 4) is 0 Å². The third-order valence-corrected chi connectivity index (χ3v) is 2.68. The van der Waals surface area contributed by atoms with E-state index in [-0.39, 0.29) is 0 Å². The first-order chi connectivity index (χ1) is 5.77. The van der Waals surface area contributed by atoms with E-state index < -0.39 is 0 Å². The standard InChI is InChI=1S/C10H21NO/c1-3-6-11-9-10(2)4-7-12-8-5-10/h11H,3-9H2,1-2H3. The van der Waals surface area contributed by atoms with Crippen molar-refractivity contribution in [3.63, 3.8) is 0 Å². The van der Waals surface area contributed by atoms with E-state index >= 15 is 0 Å². The predicted octanol–water partition coefficient (Wildman–Crippen LogP) is 1.80. The van der Waals surface area contributed by atoms with Crippen molar-refractivity contribution < 1.29 is 4.74 Å².